The fraction of sp³-hybridized carbons (Fsp3) is 1.00. The molecule has 0 aromatic heterocycles. The Morgan fingerprint density at radius 3 is 2.36 bits per heavy atom. The van der Waals surface area contributed by atoms with Crippen LogP contribution in [0, 0.1) is 5.92 Å². The standard InChI is InChI=1S/C9H16ClI/c1-2-9(10,11)8-6-4-3-5-7-8/h8H,2-7H2,1H3. The molecule has 0 radical (unpaired) electrons. The molecule has 0 aromatic rings. The van der Waals surface area contributed by atoms with Crippen molar-refractivity contribution in [3.63, 3.8) is 0 Å². The summed E-state index contributed by atoms with van der Waals surface area (Å²) >= 11 is 8.81. The molecule has 1 unspecified atom stereocenters. The first-order valence-electron chi connectivity index (χ1n) is 4.54. The van der Waals surface area contributed by atoms with Crippen LogP contribution in [0.3, 0.4) is 0 Å². The monoisotopic (exact) mass is 286 g/mol. The van der Waals surface area contributed by atoms with Crippen molar-refractivity contribution < 1.29 is 0 Å². The van der Waals surface area contributed by atoms with Crippen LogP contribution in [0.25, 0.3) is 0 Å². The summed E-state index contributed by atoms with van der Waals surface area (Å²) in [6, 6.07) is 0. The van der Waals surface area contributed by atoms with Crippen LogP contribution in [0.5, 0.6) is 0 Å². The van der Waals surface area contributed by atoms with Gasteiger partial charge in [0.2, 0.25) is 0 Å². The third-order valence-electron chi connectivity index (χ3n) is 2.67. The van der Waals surface area contributed by atoms with E-state index < -0.39 is 0 Å². The van der Waals surface area contributed by atoms with Crippen molar-refractivity contribution in [3.05, 3.63) is 0 Å². The average Bonchev–Trinajstić information content (AvgIpc) is 2.06. The second-order valence-electron chi connectivity index (χ2n) is 3.45. The van der Waals surface area contributed by atoms with Gasteiger partial charge in [-0.15, -0.1) is 11.6 Å². The maximum atomic E-state index is 6.39. The SMILES string of the molecule is CCC(Cl)(I)C1CCCCC1. The fourth-order valence-corrected chi connectivity index (χ4v) is 2.65. The number of hydrogen-bond donors (Lipinski definition) is 0. The first-order chi connectivity index (χ1) is 5.17. The van der Waals surface area contributed by atoms with Crippen molar-refractivity contribution in [1.29, 1.82) is 0 Å². The highest BCUT2D eigenvalue weighted by Gasteiger charge is 2.32. The molecular formula is C9H16ClI. The van der Waals surface area contributed by atoms with Crippen molar-refractivity contribution in [1.82, 2.24) is 0 Å². The molecule has 0 nitrogen and oxygen atoms in total. The topological polar surface area (TPSA) is 0 Å². The van der Waals surface area contributed by atoms with Crippen LogP contribution in [0.2, 0.25) is 0 Å². The Kier molecular flexibility index (Phi) is 3.96. The van der Waals surface area contributed by atoms with Gasteiger partial charge in [-0.2, -0.15) is 0 Å². The first kappa shape index (κ1) is 10.1. The molecule has 0 spiro atoms. The van der Waals surface area contributed by atoms with Gasteiger partial charge in [0.25, 0.3) is 0 Å². The van der Waals surface area contributed by atoms with E-state index in [-0.39, 0.29) is 2.88 Å². The van der Waals surface area contributed by atoms with Gasteiger partial charge in [0.05, 0.1) is 2.88 Å². The maximum absolute atomic E-state index is 6.39. The molecule has 1 aliphatic rings. The van der Waals surface area contributed by atoms with Crippen LogP contribution in [-0.4, -0.2) is 2.88 Å². The van der Waals surface area contributed by atoms with Gasteiger partial charge in [0.15, 0.2) is 0 Å². The smallest absolute Gasteiger partial charge is 0.0982 e. The lowest BCUT2D eigenvalue weighted by Crippen LogP contribution is -2.26. The van der Waals surface area contributed by atoms with Gasteiger partial charge in [-0.3, -0.25) is 0 Å². The number of alkyl halides is 2. The predicted octanol–water partition coefficient (Wildman–Crippen LogP) is 4.35. The van der Waals surface area contributed by atoms with E-state index in [1.165, 1.54) is 32.1 Å². The molecule has 1 saturated carbocycles. The molecule has 0 aromatic carbocycles. The van der Waals surface area contributed by atoms with Crippen LogP contribution in [0.1, 0.15) is 45.4 Å². The third kappa shape index (κ3) is 2.76. The summed E-state index contributed by atoms with van der Waals surface area (Å²) < 4.78 is 0.0538. The van der Waals surface area contributed by atoms with Crippen LogP contribution in [0.15, 0.2) is 0 Å². The molecule has 0 N–H and O–H groups in total. The van der Waals surface area contributed by atoms with E-state index in [9.17, 15) is 0 Å². The summed E-state index contributed by atoms with van der Waals surface area (Å²) in [6.07, 6.45) is 7.99. The number of halogens is 2. The molecule has 1 atom stereocenters. The lowest BCUT2D eigenvalue weighted by molar-refractivity contribution is 0.333. The second kappa shape index (κ2) is 4.31. The van der Waals surface area contributed by atoms with Gasteiger partial charge in [-0.05, 0) is 25.2 Å². The first-order valence-corrected chi connectivity index (χ1v) is 6.00. The summed E-state index contributed by atoms with van der Waals surface area (Å²) in [5.74, 6) is 0.767. The van der Waals surface area contributed by atoms with E-state index in [4.69, 9.17) is 11.6 Å². The summed E-state index contributed by atoms with van der Waals surface area (Å²) in [5, 5.41) is 0. The Labute approximate surface area is 88.2 Å². The van der Waals surface area contributed by atoms with Gasteiger partial charge in [0.1, 0.15) is 0 Å². The summed E-state index contributed by atoms with van der Waals surface area (Å²) in [7, 11) is 0. The molecule has 1 aliphatic carbocycles. The highest BCUT2D eigenvalue weighted by Crippen LogP contribution is 2.43. The van der Waals surface area contributed by atoms with Crippen LogP contribution in [0.4, 0.5) is 0 Å². The minimum Gasteiger partial charge on any atom is -0.107 e. The van der Waals surface area contributed by atoms with E-state index in [0.29, 0.717) is 0 Å². The Balaban J connectivity index is 2.43. The van der Waals surface area contributed by atoms with Crippen LogP contribution >= 0.6 is 34.2 Å². The summed E-state index contributed by atoms with van der Waals surface area (Å²) in [5.41, 5.74) is 0. The molecule has 0 aliphatic heterocycles. The summed E-state index contributed by atoms with van der Waals surface area (Å²) in [6.45, 7) is 2.19. The van der Waals surface area contributed by atoms with E-state index >= 15 is 0 Å². The largest absolute Gasteiger partial charge is 0.107 e. The zero-order valence-corrected chi connectivity index (χ0v) is 9.99. The van der Waals surface area contributed by atoms with E-state index in [1.54, 1.807) is 0 Å². The maximum Gasteiger partial charge on any atom is 0.0982 e. The van der Waals surface area contributed by atoms with Crippen molar-refractivity contribution in [2.75, 3.05) is 0 Å². The lowest BCUT2D eigenvalue weighted by atomic mass is 9.86. The number of hydrogen-bond acceptors (Lipinski definition) is 0. The fourth-order valence-electron chi connectivity index (χ4n) is 1.81. The molecule has 2 heteroatoms. The Bertz CT molecular complexity index is 117. The number of rotatable bonds is 2. The molecule has 66 valence electrons. The third-order valence-corrected chi connectivity index (χ3v) is 4.89. The average molecular weight is 287 g/mol. The minimum atomic E-state index is 0.0538. The molecule has 0 saturated heterocycles. The Hall–Kier alpha value is 1.02. The van der Waals surface area contributed by atoms with E-state index in [0.717, 1.165) is 12.3 Å². The second-order valence-corrected chi connectivity index (χ2v) is 6.69. The van der Waals surface area contributed by atoms with Crippen molar-refractivity contribution in [2.45, 2.75) is 48.3 Å². The Morgan fingerprint density at radius 2 is 1.91 bits per heavy atom. The molecule has 0 heterocycles. The van der Waals surface area contributed by atoms with Crippen molar-refractivity contribution in [2.24, 2.45) is 5.92 Å². The zero-order valence-electron chi connectivity index (χ0n) is 7.08. The molecule has 1 rings (SSSR count). The normalized spacial score (nSPS) is 26.5. The van der Waals surface area contributed by atoms with Crippen LogP contribution in [-0.2, 0) is 0 Å². The highest BCUT2D eigenvalue weighted by atomic mass is 127. The Morgan fingerprint density at radius 1 is 1.36 bits per heavy atom. The molecule has 1 fully saturated rings. The molecule has 0 amide bonds. The highest BCUT2D eigenvalue weighted by molar-refractivity contribution is 14.1. The van der Waals surface area contributed by atoms with E-state index in [2.05, 4.69) is 29.5 Å². The lowest BCUT2D eigenvalue weighted by Gasteiger charge is -2.32. The van der Waals surface area contributed by atoms with Crippen molar-refractivity contribution in [3.8, 4) is 0 Å². The minimum absolute atomic E-state index is 0.0538. The van der Waals surface area contributed by atoms with E-state index in [1.807, 2.05) is 0 Å². The molecular weight excluding hydrogens is 270 g/mol. The van der Waals surface area contributed by atoms with Crippen LogP contribution < -0.4 is 0 Å². The quantitative estimate of drug-likeness (QED) is 0.523. The van der Waals surface area contributed by atoms with Crippen molar-refractivity contribution >= 4 is 34.2 Å². The molecule has 11 heavy (non-hydrogen) atoms. The zero-order chi connectivity index (χ0) is 8.32. The van der Waals surface area contributed by atoms with Gasteiger partial charge >= 0.3 is 0 Å². The van der Waals surface area contributed by atoms with Gasteiger partial charge in [-0.1, -0.05) is 48.8 Å². The van der Waals surface area contributed by atoms with Gasteiger partial charge < -0.3 is 0 Å². The predicted molar refractivity (Wildman–Crippen MR) is 59.5 cm³/mol. The van der Waals surface area contributed by atoms with Gasteiger partial charge in [-0.25, -0.2) is 0 Å². The molecule has 0 bridgehead atoms. The van der Waals surface area contributed by atoms with Gasteiger partial charge in [0, 0.05) is 0 Å². The summed E-state index contributed by atoms with van der Waals surface area (Å²) in [4.78, 5) is 0.